The van der Waals surface area contributed by atoms with Crippen molar-refractivity contribution in [3.05, 3.63) is 29.8 Å². The number of carbonyl (C=O) groups excluding carboxylic acids is 4. The van der Waals surface area contributed by atoms with E-state index in [4.69, 9.17) is 9.47 Å². The predicted octanol–water partition coefficient (Wildman–Crippen LogP) is 1.38. The van der Waals surface area contributed by atoms with Gasteiger partial charge in [0.25, 0.3) is 0 Å². The van der Waals surface area contributed by atoms with Crippen molar-refractivity contribution in [2.75, 3.05) is 26.2 Å². The molecule has 1 aromatic rings. The van der Waals surface area contributed by atoms with E-state index in [1.54, 1.807) is 27.7 Å². The van der Waals surface area contributed by atoms with Gasteiger partial charge < -0.3 is 30.1 Å². The van der Waals surface area contributed by atoms with Crippen molar-refractivity contribution in [1.29, 1.82) is 5.26 Å². The van der Waals surface area contributed by atoms with E-state index in [0.29, 0.717) is 0 Å². The molecule has 1 rings (SSSR count). The first-order chi connectivity index (χ1) is 15.5. The maximum Gasteiger partial charge on any atom is 0.408 e. The minimum Gasteiger partial charge on any atom is -0.508 e. The number of hydrogen-bond acceptors (Lipinski definition) is 8. The van der Waals surface area contributed by atoms with Gasteiger partial charge in [-0.3, -0.25) is 14.4 Å². The monoisotopic (exact) mass is 462 g/mol. The quantitative estimate of drug-likeness (QED) is 0.347. The number of ether oxygens (including phenoxy) is 2. The minimum atomic E-state index is -1.30. The average Bonchev–Trinajstić information content (AvgIpc) is 2.70. The maximum absolute atomic E-state index is 13.0. The Labute approximate surface area is 192 Å². The van der Waals surface area contributed by atoms with Crippen LogP contribution in [0.3, 0.4) is 0 Å². The lowest BCUT2D eigenvalue weighted by molar-refractivity contribution is -0.143. The summed E-state index contributed by atoms with van der Waals surface area (Å²) in [4.78, 5) is 50.2. The molecule has 1 aromatic carbocycles. The number of hydrogen-bond donors (Lipinski definition) is 3. The molecular formula is C22H30N4O7. The molecule has 0 saturated carbocycles. The number of nitriles is 1. The van der Waals surface area contributed by atoms with Gasteiger partial charge in [0.1, 0.15) is 30.5 Å². The minimum absolute atomic E-state index is 0.0578. The maximum atomic E-state index is 13.0. The van der Waals surface area contributed by atoms with Gasteiger partial charge in [0.2, 0.25) is 11.8 Å². The number of phenolic OH excluding ortho intramolecular Hbond substituents is 1. The number of phenols is 1. The normalized spacial score (nSPS) is 11.5. The molecule has 0 saturated heterocycles. The van der Waals surface area contributed by atoms with Crippen LogP contribution in [0.2, 0.25) is 0 Å². The van der Waals surface area contributed by atoms with Gasteiger partial charge in [0.05, 0.1) is 19.1 Å². The van der Waals surface area contributed by atoms with Crippen LogP contribution in [-0.2, 0) is 23.9 Å². The molecule has 11 nitrogen and oxygen atoms in total. The summed E-state index contributed by atoms with van der Waals surface area (Å²) in [6.45, 7) is 5.79. The molecule has 11 heteroatoms. The Hall–Kier alpha value is -3.81. The topological polar surface area (TPSA) is 158 Å². The second-order valence-corrected chi connectivity index (χ2v) is 7.88. The van der Waals surface area contributed by atoms with Gasteiger partial charge in [-0.1, -0.05) is 12.1 Å². The Morgan fingerprint density at radius 3 is 2.48 bits per heavy atom. The third kappa shape index (κ3) is 9.90. The van der Waals surface area contributed by atoms with Gasteiger partial charge in [0.15, 0.2) is 0 Å². The molecule has 0 radical (unpaired) electrons. The number of rotatable bonds is 10. The molecule has 0 spiro atoms. The fourth-order valence-corrected chi connectivity index (χ4v) is 2.75. The molecule has 0 heterocycles. The lowest BCUT2D eigenvalue weighted by atomic mass is 10.0. The van der Waals surface area contributed by atoms with Crippen molar-refractivity contribution >= 4 is 23.9 Å². The fourth-order valence-electron chi connectivity index (χ4n) is 2.75. The van der Waals surface area contributed by atoms with Crippen LogP contribution in [0.1, 0.15) is 45.7 Å². The number of alkyl carbamates (subject to hydrolysis) is 1. The molecule has 33 heavy (non-hydrogen) atoms. The average molecular weight is 463 g/mol. The van der Waals surface area contributed by atoms with Crippen molar-refractivity contribution in [2.24, 2.45) is 0 Å². The van der Waals surface area contributed by atoms with E-state index in [-0.39, 0.29) is 30.9 Å². The Kier molecular flexibility index (Phi) is 10.6. The highest BCUT2D eigenvalue weighted by molar-refractivity contribution is 5.90. The first-order valence-electron chi connectivity index (χ1n) is 10.3. The van der Waals surface area contributed by atoms with E-state index in [1.165, 1.54) is 24.3 Å². The Balaban J connectivity index is 3.06. The Morgan fingerprint density at radius 1 is 1.21 bits per heavy atom. The highest BCUT2D eigenvalue weighted by Crippen LogP contribution is 2.24. The molecule has 0 aromatic heterocycles. The van der Waals surface area contributed by atoms with Crippen LogP contribution in [0.15, 0.2) is 24.3 Å². The number of nitrogens with zero attached hydrogens (tertiary/aromatic N) is 2. The van der Waals surface area contributed by atoms with Gasteiger partial charge >= 0.3 is 12.1 Å². The molecular weight excluding hydrogens is 432 g/mol. The summed E-state index contributed by atoms with van der Waals surface area (Å²) >= 11 is 0. The SMILES string of the molecule is CCOC(=O)CCNC(=O)C(c1cccc(O)c1)N(CC#N)C(=O)CNC(=O)OC(C)(C)C. The summed E-state index contributed by atoms with van der Waals surface area (Å²) in [5, 5.41) is 24.0. The van der Waals surface area contributed by atoms with Crippen LogP contribution in [-0.4, -0.2) is 65.7 Å². The van der Waals surface area contributed by atoms with Gasteiger partial charge in [-0.25, -0.2) is 4.79 Å². The van der Waals surface area contributed by atoms with Gasteiger partial charge in [-0.2, -0.15) is 5.26 Å². The van der Waals surface area contributed by atoms with E-state index in [0.717, 1.165) is 4.90 Å². The number of benzene rings is 1. The molecule has 0 aliphatic carbocycles. The molecule has 0 bridgehead atoms. The van der Waals surface area contributed by atoms with E-state index in [9.17, 15) is 29.5 Å². The molecule has 180 valence electrons. The molecule has 3 N–H and O–H groups in total. The molecule has 0 aliphatic rings. The Bertz CT molecular complexity index is 889. The molecule has 1 atom stereocenters. The van der Waals surface area contributed by atoms with Crippen molar-refractivity contribution in [1.82, 2.24) is 15.5 Å². The zero-order valence-corrected chi connectivity index (χ0v) is 19.2. The van der Waals surface area contributed by atoms with E-state index in [1.807, 2.05) is 6.07 Å². The zero-order chi connectivity index (χ0) is 25.0. The summed E-state index contributed by atoms with van der Waals surface area (Å²) in [6, 6.07) is 6.20. The lowest BCUT2D eigenvalue weighted by Gasteiger charge is -2.29. The highest BCUT2D eigenvalue weighted by atomic mass is 16.6. The summed E-state index contributed by atoms with van der Waals surface area (Å²) in [5.74, 6) is -2.05. The summed E-state index contributed by atoms with van der Waals surface area (Å²) < 4.78 is 9.90. The number of nitrogens with one attached hydrogen (secondary N) is 2. The van der Waals surface area contributed by atoms with Crippen molar-refractivity contribution < 1.29 is 33.8 Å². The van der Waals surface area contributed by atoms with Crippen LogP contribution in [0.4, 0.5) is 4.79 Å². The van der Waals surface area contributed by atoms with Crippen LogP contribution in [0.5, 0.6) is 5.75 Å². The Morgan fingerprint density at radius 2 is 1.91 bits per heavy atom. The first-order valence-corrected chi connectivity index (χ1v) is 10.3. The number of amides is 3. The van der Waals surface area contributed by atoms with E-state index >= 15 is 0 Å². The summed E-state index contributed by atoms with van der Waals surface area (Å²) in [7, 11) is 0. The lowest BCUT2D eigenvalue weighted by Crippen LogP contribution is -2.48. The third-order valence-electron chi connectivity index (χ3n) is 4.02. The van der Waals surface area contributed by atoms with Crippen molar-refractivity contribution in [3.8, 4) is 11.8 Å². The number of carbonyl (C=O) groups is 4. The number of aromatic hydroxyl groups is 1. The van der Waals surface area contributed by atoms with E-state index < -0.39 is 48.6 Å². The molecule has 1 unspecified atom stereocenters. The summed E-state index contributed by atoms with van der Waals surface area (Å²) in [6.07, 6.45) is -0.917. The second kappa shape index (κ2) is 12.9. The molecule has 3 amide bonds. The molecule has 0 fully saturated rings. The summed E-state index contributed by atoms with van der Waals surface area (Å²) in [5.41, 5.74) is -0.535. The first kappa shape index (κ1) is 27.2. The van der Waals surface area contributed by atoms with Crippen LogP contribution in [0, 0.1) is 11.3 Å². The smallest absolute Gasteiger partial charge is 0.408 e. The predicted molar refractivity (Wildman–Crippen MR) is 117 cm³/mol. The highest BCUT2D eigenvalue weighted by Gasteiger charge is 2.32. The largest absolute Gasteiger partial charge is 0.508 e. The van der Waals surface area contributed by atoms with Gasteiger partial charge in [0, 0.05) is 6.54 Å². The van der Waals surface area contributed by atoms with E-state index in [2.05, 4.69) is 10.6 Å². The molecule has 0 aliphatic heterocycles. The van der Waals surface area contributed by atoms with Crippen molar-refractivity contribution in [3.63, 3.8) is 0 Å². The zero-order valence-electron chi connectivity index (χ0n) is 19.2. The number of esters is 1. The van der Waals surface area contributed by atoms with Crippen LogP contribution in [0.25, 0.3) is 0 Å². The van der Waals surface area contributed by atoms with Gasteiger partial charge in [-0.15, -0.1) is 0 Å². The second-order valence-electron chi connectivity index (χ2n) is 7.88. The third-order valence-corrected chi connectivity index (χ3v) is 4.02. The van der Waals surface area contributed by atoms with Gasteiger partial charge in [-0.05, 0) is 45.4 Å². The fraction of sp³-hybridized carbons (Fsp3) is 0.500. The van der Waals surface area contributed by atoms with Crippen molar-refractivity contribution in [2.45, 2.75) is 45.8 Å². The standard InChI is InChI=1S/C22H30N4O7/c1-5-32-18(29)9-11-24-20(30)19(15-7-6-8-16(27)13-15)26(12-10-23)17(28)14-25-21(31)33-22(2,3)4/h6-8,13,19,27H,5,9,11-12,14H2,1-4H3,(H,24,30)(H,25,31). The van der Waals surface area contributed by atoms with Crippen LogP contribution >= 0.6 is 0 Å². The van der Waals surface area contributed by atoms with Crippen LogP contribution < -0.4 is 10.6 Å².